The summed E-state index contributed by atoms with van der Waals surface area (Å²) in [6.07, 6.45) is 13.0. The van der Waals surface area contributed by atoms with Crippen molar-refractivity contribution >= 4 is 0 Å². The topological polar surface area (TPSA) is 15.3 Å². The number of likely N-dealkylation sites (tertiary alicyclic amines) is 1. The molecule has 2 heteroatoms. The Labute approximate surface area is 132 Å². The van der Waals surface area contributed by atoms with E-state index in [0.717, 1.165) is 29.8 Å². The van der Waals surface area contributed by atoms with Crippen molar-refractivity contribution in [3.05, 3.63) is 0 Å². The average molecular weight is 293 g/mol. The predicted molar refractivity (Wildman–Crippen MR) is 90.5 cm³/mol. The van der Waals surface area contributed by atoms with Crippen molar-refractivity contribution in [1.29, 1.82) is 0 Å². The quantitative estimate of drug-likeness (QED) is 0.794. The van der Waals surface area contributed by atoms with Gasteiger partial charge in [0.25, 0.3) is 0 Å². The minimum Gasteiger partial charge on any atom is -0.312 e. The van der Waals surface area contributed by atoms with E-state index >= 15 is 0 Å². The van der Waals surface area contributed by atoms with E-state index in [2.05, 4.69) is 24.1 Å². The largest absolute Gasteiger partial charge is 0.312 e. The molecule has 1 N–H and O–H groups in total. The summed E-state index contributed by atoms with van der Waals surface area (Å²) in [7, 11) is 0. The van der Waals surface area contributed by atoms with Crippen LogP contribution in [0.25, 0.3) is 0 Å². The molecule has 0 spiro atoms. The van der Waals surface area contributed by atoms with Crippen LogP contribution in [0.4, 0.5) is 0 Å². The third-order valence-electron chi connectivity index (χ3n) is 6.50. The first kappa shape index (κ1) is 15.8. The van der Waals surface area contributed by atoms with Gasteiger partial charge in [-0.25, -0.2) is 0 Å². The highest BCUT2D eigenvalue weighted by Gasteiger charge is 2.42. The molecule has 0 aromatic carbocycles. The molecular formula is C19H36N2. The molecule has 5 unspecified atom stereocenters. The smallest absolute Gasteiger partial charge is 0.0252 e. The van der Waals surface area contributed by atoms with Crippen LogP contribution in [0.15, 0.2) is 0 Å². The van der Waals surface area contributed by atoms with E-state index in [0.29, 0.717) is 0 Å². The van der Waals surface area contributed by atoms with Crippen molar-refractivity contribution in [3.8, 4) is 0 Å². The number of rotatable bonds is 6. The second-order valence-electron chi connectivity index (χ2n) is 8.00. The third-order valence-corrected chi connectivity index (χ3v) is 6.50. The van der Waals surface area contributed by atoms with E-state index in [1.54, 1.807) is 0 Å². The Balaban J connectivity index is 1.61. The van der Waals surface area contributed by atoms with Gasteiger partial charge in [-0.3, -0.25) is 4.90 Å². The summed E-state index contributed by atoms with van der Waals surface area (Å²) in [4.78, 5) is 2.91. The molecule has 3 rings (SSSR count). The maximum absolute atomic E-state index is 3.88. The lowest BCUT2D eigenvalue weighted by Crippen LogP contribution is -2.53. The highest BCUT2D eigenvalue weighted by atomic mass is 15.2. The molecule has 1 aliphatic heterocycles. The predicted octanol–water partition coefficient (Wildman–Crippen LogP) is 4.06. The van der Waals surface area contributed by atoms with Crippen LogP contribution in [-0.4, -0.2) is 36.6 Å². The van der Waals surface area contributed by atoms with E-state index < -0.39 is 0 Å². The lowest BCUT2D eigenvalue weighted by atomic mass is 9.79. The van der Waals surface area contributed by atoms with Crippen LogP contribution in [0.1, 0.15) is 71.6 Å². The molecule has 3 fully saturated rings. The standard InChI is InChI=1S/C19H36N2/c1-3-6-15-9-10-18(20-11-4-2)19(12-15)21-13-16-7-5-8-17(16)14-21/h15-20H,3-14H2,1-2H3. The fourth-order valence-electron chi connectivity index (χ4n) is 5.42. The minimum absolute atomic E-state index is 0.775. The van der Waals surface area contributed by atoms with Crippen LogP contribution in [-0.2, 0) is 0 Å². The van der Waals surface area contributed by atoms with Crippen LogP contribution in [0.3, 0.4) is 0 Å². The Morgan fingerprint density at radius 1 is 0.952 bits per heavy atom. The van der Waals surface area contributed by atoms with Gasteiger partial charge in [0.05, 0.1) is 0 Å². The summed E-state index contributed by atoms with van der Waals surface area (Å²) >= 11 is 0. The van der Waals surface area contributed by atoms with Gasteiger partial charge >= 0.3 is 0 Å². The van der Waals surface area contributed by atoms with Gasteiger partial charge in [-0.2, -0.15) is 0 Å². The monoisotopic (exact) mass is 292 g/mol. The molecule has 0 bridgehead atoms. The molecule has 21 heavy (non-hydrogen) atoms. The Morgan fingerprint density at radius 2 is 1.71 bits per heavy atom. The fraction of sp³-hybridized carbons (Fsp3) is 1.00. The van der Waals surface area contributed by atoms with E-state index in [-0.39, 0.29) is 0 Å². The van der Waals surface area contributed by atoms with Crippen LogP contribution in [0.2, 0.25) is 0 Å². The Hall–Kier alpha value is -0.0800. The first-order valence-corrected chi connectivity index (χ1v) is 9.79. The van der Waals surface area contributed by atoms with Gasteiger partial charge in [0.2, 0.25) is 0 Å². The summed E-state index contributed by atoms with van der Waals surface area (Å²) in [5.74, 6) is 3.09. The molecule has 3 aliphatic rings. The van der Waals surface area contributed by atoms with Crippen LogP contribution in [0, 0.1) is 17.8 Å². The molecule has 5 atom stereocenters. The zero-order valence-electron chi connectivity index (χ0n) is 14.3. The number of fused-ring (bicyclic) bond motifs is 1. The van der Waals surface area contributed by atoms with Crippen molar-refractivity contribution in [3.63, 3.8) is 0 Å². The molecule has 0 aromatic rings. The Morgan fingerprint density at radius 3 is 2.38 bits per heavy atom. The molecule has 2 saturated carbocycles. The number of hydrogen-bond acceptors (Lipinski definition) is 2. The van der Waals surface area contributed by atoms with E-state index in [1.165, 1.54) is 77.4 Å². The lowest BCUT2D eigenvalue weighted by molar-refractivity contribution is 0.107. The highest BCUT2D eigenvalue weighted by Crippen LogP contribution is 2.41. The van der Waals surface area contributed by atoms with Crippen LogP contribution >= 0.6 is 0 Å². The van der Waals surface area contributed by atoms with Gasteiger partial charge in [-0.05, 0) is 62.8 Å². The second kappa shape index (κ2) is 7.46. The molecule has 122 valence electrons. The molecule has 1 heterocycles. The van der Waals surface area contributed by atoms with Gasteiger partial charge < -0.3 is 5.32 Å². The van der Waals surface area contributed by atoms with Crippen molar-refractivity contribution < 1.29 is 0 Å². The average Bonchev–Trinajstić information content (AvgIpc) is 3.07. The maximum atomic E-state index is 3.88. The lowest BCUT2D eigenvalue weighted by Gasteiger charge is -2.42. The van der Waals surface area contributed by atoms with Crippen molar-refractivity contribution in [1.82, 2.24) is 10.2 Å². The number of hydrogen-bond donors (Lipinski definition) is 1. The zero-order valence-corrected chi connectivity index (χ0v) is 14.3. The first-order valence-electron chi connectivity index (χ1n) is 9.79. The van der Waals surface area contributed by atoms with Crippen molar-refractivity contribution in [2.24, 2.45) is 17.8 Å². The van der Waals surface area contributed by atoms with Crippen molar-refractivity contribution in [2.45, 2.75) is 83.7 Å². The molecule has 0 aromatic heterocycles. The van der Waals surface area contributed by atoms with Crippen molar-refractivity contribution in [2.75, 3.05) is 19.6 Å². The van der Waals surface area contributed by atoms with Gasteiger partial charge in [-0.15, -0.1) is 0 Å². The molecule has 1 saturated heterocycles. The van der Waals surface area contributed by atoms with E-state index in [4.69, 9.17) is 0 Å². The number of nitrogens with zero attached hydrogens (tertiary/aromatic N) is 1. The normalized spacial score (nSPS) is 40.6. The third kappa shape index (κ3) is 3.64. The van der Waals surface area contributed by atoms with E-state index in [9.17, 15) is 0 Å². The van der Waals surface area contributed by atoms with Gasteiger partial charge in [0, 0.05) is 25.2 Å². The molecule has 0 radical (unpaired) electrons. The maximum Gasteiger partial charge on any atom is 0.0252 e. The fourth-order valence-corrected chi connectivity index (χ4v) is 5.42. The summed E-state index contributed by atoms with van der Waals surface area (Å²) in [5.41, 5.74) is 0. The summed E-state index contributed by atoms with van der Waals surface area (Å²) in [5, 5.41) is 3.88. The molecule has 2 aliphatic carbocycles. The Kier molecular flexibility index (Phi) is 5.61. The summed E-state index contributed by atoms with van der Waals surface area (Å²) in [6.45, 7) is 8.69. The SMILES string of the molecule is CCCNC1CCC(CCC)CC1N1CC2CCCC2C1. The minimum atomic E-state index is 0.775. The molecular weight excluding hydrogens is 256 g/mol. The van der Waals surface area contributed by atoms with Crippen LogP contribution in [0.5, 0.6) is 0 Å². The van der Waals surface area contributed by atoms with Gasteiger partial charge in [0.1, 0.15) is 0 Å². The highest BCUT2D eigenvalue weighted by molar-refractivity contribution is 4.97. The summed E-state index contributed by atoms with van der Waals surface area (Å²) < 4.78 is 0. The van der Waals surface area contributed by atoms with Gasteiger partial charge in [0.15, 0.2) is 0 Å². The second-order valence-corrected chi connectivity index (χ2v) is 8.00. The molecule has 2 nitrogen and oxygen atoms in total. The number of nitrogens with one attached hydrogen (secondary N) is 1. The van der Waals surface area contributed by atoms with E-state index in [1.807, 2.05) is 0 Å². The van der Waals surface area contributed by atoms with Crippen LogP contribution < -0.4 is 5.32 Å². The summed E-state index contributed by atoms with van der Waals surface area (Å²) in [6, 6.07) is 1.62. The zero-order chi connectivity index (χ0) is 14.7. The van der Waals surface area contributed by atoms with Gasteiger partial charge in [-0.1, -0.05) is 33.1 Å². The first-order chi connectivity index (χ1) is 10.3. The Bertz CT molecular complexity index is 305. The molecule has 0 amide bonds.